The molecule has 0 spiro atoms. The maximum absolute atomic E-state index is 11.3. The van der Waals surface area contributed by atoms with Gasteiger partial charge in [0, 0.05) is 13.0 Å². The molecule has 15 heavy (non-hydrogen) atoms. The topological polar surface area (TPSA) is 78.4 Å². The lowest BCUT2D eigenvalue weighted by molar-refractivity contribution is -0.141. The average molecular weight is 214 g/mol. The van der Waals surface area contributed by atoms with Crippen LogP contribution in [0.2, 0.25) is 0 Å². The molecule has 0 saturated carbocycles. The van der Waals surface area contributed by atoms with E-state index in [2.05, 4.69) is 10.6 Å². The molecule has 0 aromatic rings. The van der Waals surface area contributed by atoms with Gasteiger partial charge in [-0.1, -0.05) is 6.92 Å². The van der Waals surface area contributed by atoms with Gasteiger partial charge in [-0.3, -0.25) is 9.59 Å². The van der Waals surface area contributed by atoms with E-state index >= 15 is 0 Å². The Hall–Kier alpha value is -1.10. The van der Waals surface area contributed by atoms with Gasteiger partial charge in [0.15, 0.2) is 0 Å². The maximum Gasteiger partial charge on any atom is 0.306 e. The molecule has 1 unspecified atom stereocenters. The molecule has 1 atom stereocenters. The van der Waals surface area contributed by atoms with Gasteiger partial charge in [0.05, 0.1) is 5.92 Å². The number of amides is 1. The molecule has 5 nitrogen and oxygen atoms in total. The Labute approximate surface area is 89.2 Å². The molecule has 1 heterocycles. The van der Waals surface area contributed by atoms with Crippen LogP contribution in [0.5, 0.6) is 0 Å². The predicted molar refractivity (Wildman–Crippen MR) is 55.4 cm³/mol. The van der Waals surface area contributed by atoms with Gasteiger partial charge in [-0.15, -0.1) is 0 Å². The molecule has 1 rings (SSSR count). The predicted octanol–water partition coefficient (Wildman–Crippen LogP) is -0.177. The first-order valence-electron chi connectivity index (χ1n) is 5.30. The van der Waals surface area contributed by atoms with Crippen LogP contribution in [0.25, 0.3) is 0 Å². The fourth-order valence-corrected chi connectivity index (χ4v) is 1.38. The third kappa shape index (κ3) is 4.29. The van der Waals surface area contributed by atoms with Gasteiger partial charge < -0.3 is 15.7 Å². The van der Waals surface area contributed by atoms with Gasteiger partial charge in [0.1, 0.15) is 0 Å². The smallest absolute Gasteiger partial charge is 0.306 e. The van der Waals surface area contributed by atoms with Crippen LogP contribution in [0, 0.1) is 11.8 Å². The van der Waals surface area contributed by atoms with E-state index in [-0.39, 0.29) is 5.91 Å². The highest BCUT2D eigenvalue weighted by Gasteiger charge is 2.20. The lowest BCUT2D eigenvalue weighted by Gasteiger charge is -2.26. The van der Waals surface area contributed by atoms with E-state index < -0.39 is 11.9 Å². The van der Waals surface area contributed by atoms with Gasteiger partial charge >= 0.3 is 5.97 Å². The van der Waals surface area contributed by atoms with Crippen molar-refractivity contribution in [3.63, 3.8) is 0 Å². The van der Waals surface area contributed by atoms with Crippen molar-refractivity contribution in [2.45, 2.75) is 19.8 Å². The first-order valence-corrected chi connectivity index (χ1v) is 5.30. The van der Waals surface area contributed by atoms with Crippen molar-refractivity contribution in [2.24, 2.45) is 11.8 Å². The van der Waals surface area contributed by atoms with Gasteiger partial charge in [-0.25, -0.2) is 0 Å². The number of aliphatic carboxylic acids is 1. The molecule has 0 radical (unpaired) electrons. The van der Waals surface area contributed by atoms with Crippen molar-refractivity contribution in [2.75, 3.05) is 19.6 Å². The summed E-state index contributed by atoms with van der Waals surface area (Å²) in [4.78, 5) is 21.8. The summed E-state index contributed by atoms with van der Waals surface area (Å²) in [6.45, 7) is 3.93. The van der Waals surface area contributed by atoms with Crippen LogP contribution in [0.1, 0.15) is 19.8 Å². The third-order valence-electron chi connectivity index (χ3n) is 2.66. The molecule has 1 amide bonds. The Morgan fingerprint density at radius 1 is 1.53 bits per heavy atom. The van der Waals surface area contributed by atoms with Crippen LogP contribution in [0.15, 0.2) is 0 Å². The highest BCUT2D eigenvalue weighted by atomic mass is 16.4. The van der Waals surface area contributed by atoms with Gasteiger partial charge in [-0.2, -0.15) is 0 Å². The number of carboxylic acid groups (broad SMARTS) is 1. The molecular formula is C10H18N2O3. The lowest BCUT2D eigenvalue weighted by Crippen LogP contribution is -2.44. The molecule has 0 bridgehead atoms. The van der Waals surface area contributed by atoms with E-state index in [0.717, 1.165) is 13.1 Å². The summed E-state index contributed by atoms with van der Waals surface area (Å²) < 4.78 is 0. The SMILES string of the molecule is CC(CCNC(=O)CC1CNC1)C(=O)O. The number of rotatable bonds is 6. The molecule has 1 fully saturated rings. The van der Waals surface area contributed by atoms with E-state index in [1.165, 1.54) is 0 Å². The van der Waals surface area contributed by atoms with Gasteiger partial charge in [0.2, 0.25) is 5.91 Å². The van der Waals surface area contributed by atoms with E-state index in [1.807, 2.05) is 0 Å². The number of carboxylic acids is 1. The zero-order valence-corrected chi connectivity index (χ0v) is 8.95. The van der Waals surface area contributed by atoms with Crippen LogP contribution >= 0.6 is 0 Å². The maximum atomic E-state index is 11.3. The standard InChI is InChI=1S/C10H18N2O3/c1-7(10(14)15)2-3-12-9(13)4-8-5-11-6-8/h7-8,11H,2-6H2,1H3,(H,12,13)(H,14,15). The second-order valence-corrected chi connectivity index (χ2v) is 4.11. The zero-order valence-electron chi connectivity index (χ0n) is 8.95. The van der Waals surface area contributed by atoms with E-state index in [9.17, 15) is 9.59 Å². The molecule has 86 valence electrons. The van der Waals surface area contributed by atoms with E-state index in [1.54, 1.807) is 6.92 Å². The monoisotopic (exact) mass is 214 g/mol. The molecule has 0 aromatic carbocycles. The van der Waals surface area contributed by atoms with Crippen LogP contribution < -0.4 is 10.6 Å². The summed E-state index contributed by atoms with van der Waals surface area (Å²) in [5.74, 6) is -0.718. The first-order chi connectivity index (χ1) is 7.09. The minimum atomic E-state index is -0.813. The number of hydrogen-bond donors (Lipinski definition) is 3. The molecule has 1 aliphatic heterocycles. The Balaban J connectivity index is 2.03. The molecular weight excluding hydrogens is 196 g/mol. The highest BCUT2D eigenvalue weighted by molar-refractivity contribution is 5.76. The van der Waals surface area contributed by atoms with E-state index in [0.29, 0.717) is 25.3 Å². The Kier molecular flexibility index (Phi) is 4.55. The van der Waals surface area contributed by atoms with Crippen molar-refractivity contribution < 1.29 is 14.7 Å². The van der Waals surface area contributed by atoms with Crippen molar-refractivity contribution in [3.8, 4) is 0 Å². The summed E-state index contributed by atoms with van der Waals surface area (Å²) in [5, 5.41) is 14.5. The molecule has 0 aromatic heterocycles. The van der Waals surface area contributed by atoms with Crippen molar-refractivity contribution in [3.05, 3.63) is 0 Å². The van der Waals surface area contributed by atoms with Crippen LogP contribution in [0.3, 0.4) is 0 Å². The van der Waals surface area contributed by atoms with Crippen LogP contribution in [-0.2, 0) is 9.59 Å². The van der Waals surface area contributed by atoms with Crippen LogP contribution in [-0.4, -0.2) is 36.6 Å². The van der Waals surface area contributed by atoms with Gasteiger partial charge in [-0.05, 0) is 25.4 Å². The molecule has 0 aliphatic carbocycles. The Morgan fingerprint density at radius 3 is 2.67 bits per heavy atom. The molecule has 3 N–H and O–H groups in total. The summed E-state index contributed by atoms with van der Waals surface area (Å²) in [6, 6.07) is 0. The quantitative estimate of drug-likeness (QED) is 0.573. The van der Waals surface area contributed by atoms with Gasteiger partial charge in [0.25, 0.3) is 0 Å². The minimum Gasteiger partial charge on any atom is -0.481 e. The second kappa shape index (κ2) is 5.70. The molecule has 5 heteroatoms. The number of carbonyl (C=O) groups excluding carboxylic acids is 1. The molecule has 1 aliphatic rings. The number of nitrogens with one attached hydrogen (secondary N) is 2. The number of hydrogen-bond acceptors (Lipinski definition) is 3. The number of carbonyl (C=O) groups is 2. The summed E-state index contributed by atoms with van der Waals surface area (Å²) in [6.07, 6.45) is 1.04. The Morgan fingerprint density at radius 2 is 2.20 bits per heavy atom. The zero-order chi connectivity index (χ0) is 11.3. The summed E-state index contributed by atoms with van der Waals surface area (Å²) >= 11 is 0. The first kappa shape index (κ1) is 12.0. The largest absolute Gasteiger partial charge is 0.481 e. The van der Waals surface area contributed by atoms with E-state index in [4.69, 9.17) is 5.11 Å². The fraction of sp³-hybridized carbons (Fsp3) is 0.800. The van der Waals surface area contributed by atoms with Crippen LogP contribution in [0.4, 0.5) is 0 Å². The summed E-state index contributed by atoms with van der Waals surface area (Å²) in [7, 11) is 0. The summed E-state index contributed by atoms with van der Waals surface area (Å²) in [5.41, 5.74) is 0. The minimum absolute atomic E-state index is 0.0269. The normalized spacial score (nSPS) is 17.9. The Bertz CT molecular complexity index is 239. The fourth-order valence-electron chi connectivity index (χ4n) is 1.38. The highest BCUT2D eigenvalue weighted by Crippen LogP contribution is 2.07. The third-order valence-corrected chi connectivity index (χ3v) is 2.66. The van der Waals surface area contributed by atoms with Crippen molar-refractivity contribution >= 4 is 11.9 Å². The second-order valence-electron chi connectivity index (χ2n) is 4.11. The van der Waals surface area contributed by atoms with Crippen molar-refractivity contribution in [1.82, 2.24) is 10.6 Å². The average Bonchev–Trinajstić information content (AvgIpc) is 2.11. The lowest BCUT2D eigenvalue weighted by atomic mass is 9.99. The molecule has 1 saturated heterocycles. The van der Waals surface area contributed by atoms with Crippen molar-refractivity contribution in [1.29, 1.82) is 0 Å².